The highest BCUT2D eigenvalue weighted by Gasteiger charge is 2.09. The number of hydrogen-bond acceptors (Lipinski definition) is 1. The Morgan fingerprint density at radius 1 is 0.938 bits per heavy atom. The van der Waals surface area contributed by atoms with Crippen LogP contribution in [0.2, 0.25) is 0 Å². The fraction of sp³-hybridized carbons (Fsp3) is 0.600. The van der Waals surface area contributed by atoms with Gasteiger partial charge in [0.15, 0.2) is 0 Å². The molecule has 0 amide bonds. The minimum atomic E-state index is 0.583. The minimum Gasteiger partial charge on any atom is -0.317 e. The van der Waals surface area contributed by atoms with E-state index in [0.717, 1.165) is 0 Å². The summed E-state index contributed by atoms with van der Waals surface area (Å²) in [4.78, 5) is 0. The standard InChI is InChI=1S/C15H25N/c1-11(2)14-6-8-15(9-7-14)12(3)10-13(4)16-5/h6-9,11-13,16H,10H2,1-5H3. The molecular formula is C15H25N. The SMILES string of the molecule is CNC(C)CC(C)c1ccc(C(C)C)cc1. The Hall–Kier alpha value is -0.820. The largest absolute Gasteiger partial charge is 0.317 e. The Balaban J connectivity index is 2.66. The molecule has 0 bridgehead atoms. The maximum absolute atomic E-state index is 3.30. The topological polar surface area (TPSA) is 12.0 Å². The van der Waals surface area contributed by atoms with Crippen molar-refractivity contribution in [3.05, 3.63) is 35.4 Å². The number of hydrogen-bond donors (Lipinski definition) is 1. The number of rotatable bonds is 5. The molecule has 0 aromatic heterocycles. The Kier molecular flexibility index (Phi) is 5.01. The van der Waals surface area contributed by atoms with Gasteiger partial charge in [-0.15, -0.1) is 0 Å². The molecule has 1 nitrogen and oxygen atoms in total. The molecule has 0 saturated carbocycles. The van der Waals surface area contributed by atoms with E-state index in [-0.39, 0.29) is 0 Å². The molecule has 0 aliphatic rings. The predicted octanol–water partition coefficient (Wildman–Crippen LogP) is 3.91. The molecule has 0 fully saturated rings. The second-order valence-electron chi connectivity index (χ2n) is 5.15. The van der Waals surface area contributed by atoms with Crippen molar-refractivity contribution >= 4 is 0 Å². The summed E-state index contributed by atoms with van der Waals surface area (Å²) in [5.41, 5.74) is 2.88. The zero-order valence-electron chi connectivity index (χ0n) is 11.2. The van der Waals surface area contributed by atoms with Gasteiger partial charge in [0, 0.05) is 6.04 Å². The van der Waals surface area contributed by atoms with Crippen LogP contribution < -0.4 is 5.32 Å². The molecule has 16 heavy (non-hydrogen) atoms. The van der Waals surface area contributed by atoms with Gasteiger partial charge in [-0.1, -0.05) is 45.0 Å². The lowest BCUT2D eigenvalue weighted by molar-refractivity contribution is 0.516. The van der Waals surface area contributed by atoms with E-state index in [9.17, 15) is 0 Å². The van der Waals surface area contributed by atoms with Gasteiger partial charge in [0.1, 0.15) is 0 Å². The molecule has 90 valence electrons. The summed E-state index contributed by atoms with van der Waals surface area (Å²) in [7, 11) is 2.03. The summed E-state index contributed by atoms with van der Waals surface area (Å²) >= 11 is 0. The van der Waals surface area contributed by atoms with E-state index in [1.54, 1.807) is 0 Å². The van der Waals surface area contributed by atoms with Crippen molar-refractivity contribution < 1.29 is 0 Å². The van der Waals surface area contributed by atoms with Crippen molar-refractivity contribution in [1.29, 1.82) is 0 Å². The normalized spacial score (nSPS) is 15.1. The van der Waals surface area contributed by atoms with Gasteiger partial charge in [-0.3, -0.25) is 0 Å². The lowest BCUT2D eigenvalue weighted by Crippen LogP contribution is -2.22. The Labute approximate surface area is 100 Å². The molecule has 0 aliphatic heterocycles. The molecule has 0 saturated heterocycles. The maximum Gasteiger partial charge on any atom is 0.00414 e. The van der Waals surface area contributed by atoms with Crippen LogP contribution in [0.15, 0.2) is 24.3 Å². The zero-order valence-corrected chi connectivity index (χ0v) is 11.2. The van der Waals surface area contributed by atoms with Crippen LogP contribution in [0.1, 0.15) is 57.1 Å². The van der Waals surface area contributed by atoms with Crippen LogP contribution in [0.3, 0.4) is 0 Å². The molecule has 2 unspecified atom stereocenters. The molecule has 1 rings (SSSR count). The first-order valence-corrected chi connectivity index (χ1v) is 6.31. The van der Waals surface area contributed by atoms with Crippen LogP contribution in [-0.4, -0.2) is 13.1 Å². The Bertz CT molecular complexity index is 300. The van der Waals surface area contributed by atoms with Gasteiger partial charge in [-0.05, 0) is 43.4 Å². The highest BCUT2D eigenvalue weighted by Crippen LogP contribution is 2.23. The Morgan fingerprint density at radius 3 is 1.88 bits per heavy atom. The first kappa shape index (κ1) is 13.2. The molecule has 0 aliphatic carbocycles. The average Bonchev–Trinajstić information content (AvgIpc) is 2.28. The highest BCUT2D eigenvalue weighted by molar-refractivity contribution is 5.26. The Morgan fingerprint density at radius 2 is 1.44 bits per heavy atom. The first-order chi connectivity index (χ1) is 7.54. The third-order valence-electron chi connectivity index (χ3n) is 3.37. The monoisotopic (exact) mass is 219 g/mol. The van der Waals surface area contributed by atoms with Gasteiger partial charge in [0.05, 0.1) is 0 Å². The van der Waals surface area contributed by atoms with Crippen molar-refractivity contribution in [3.63, 3.8) is 0 Å². The van der Waals surface area contributed by atoms with Crippen LogP contribution >= 0.6 is 0 Å². The van der Waals surface area contributed by atoms with E-state index in [2.05, 4.69) is 57.3 Å². The van der Waals surface area contributed by atoms with E-state index in [1.807, 2.05) is 7.05 Å². The van der Waals surface area contributed by atoms with Crippen molar-refractivity contribution in [2.24, 2.45) is 0 Å². The third-order valence-corrected chi connectivity index (χ3v) is 3.37. The van der Waals surface area contributed by atoms with Gasteiger partial charge in [0.2, 0.25) is 0 Å². The highest BCUT2D eigenvalue weighted by atomic mass is 14.8. The number of nitrogens with one attached hydrogen (secondary N) is 1. The van der Waals surface area contributed by atoms with E-state index in [1.165, 1.54) is 17.5 Å². The van der Waals surface area contributed by atoms with E-state index in [0.29, 0.717) is 17.9 Å². The van der Waals surface area contributed by atoms with Crippen LogP contribution in [0.4, 0.5) is 0 Å². The first-order valence-electron chi connectivity index (χ1n) is 6.31. The van der Waals surface area contributed by atoms with Gasteiger partial charge in [0.25, 0.3) is 0 Å². The number of benzene rings is 1. The lowest BCUT2D eigenvalue weighted by atomic mass is 9.92. The van der Waals surface area contributed by atoms with E-state index in [4.69, 9.17) is 0 Å². The summed E-state index contributed by atoms with van der Waals surface area (Å²) in [6.07, 6.45) is 1.19. The maximum atomic E-state index is 3.30. The molecule has 1 aromatic rings. The molecule has 0 heterocycles. The van der Waals surface area contributed by atoms with Crippen molar-refractivity contribution in [3.8, 4) is 0 Å². The van der Waals surface area contributed by atoms with Crippen molar-refractivity contribution in [1.82, 2.24) is 5.32 Å². The smallest absolute Gasteiger partial charge is 0.00414 e. The van der Waals surface area contributed by atoms with E-state index >= 15 is 0 Å². The summed E-state index contributed by atoms with van der Waals surface area (Å²) in [5, 5.41) is 3.30. The predicted molar refractivity (Wildman–Crippen MR) is 72.1 cm³/mol. The van der Waals surface area contributed by atoms with Gasteiger partial charge < -0.3 is 5.32 Å². The van der Waals surface area contributed by atoms with Crippen LogP contribution in [0, 0.1) is 0 Å². The quantitative estimate of drug-likeness (QED) is 0.791. The second-order valence-corrected chi connectivity index (χ2v) is 5.15. The van der Waals surface area contributed by atoms with Gasteiger partial charge in [-0.25, -0.2) is 0 Å². The van der Waals surface area contributed by atoms with Crippen molar-refractivity contribution in [2.45, 2.75) is 52.0 Å². The lowest BCUT2D eigenvalue weighted by Gasteiger charge is -2.17. The summed E-state index contributed by atoms with van der Waals surface area (Å²) < 4.78 is 0. The molecule has 2 atom stereocenters. The molecule has 0 radical (unpaired) electrons. The molecular weight excluding hydrogens is 194 g/mol. The molecule has 1 aromatic carbocycles. The molecule has 0 spiro atoms. The summed E-state index contributed by atoms with van der Waals surface area (Å²) in [5.74, 6) is 1.25. The second kappa shape index (κ2) is 6.05. The van der Waals surface area contributed by atoms with Crippen LogP contribution in [0.5, 0.6) is 0 Å². The fourth-order valence-corrected chi connectivity index (χ4v) is 1.99. The average molecular weight is 219 g/mol. The van der Waals surface area contributed by atoms with Gasteiger partial charge >= 0.3 is 0 Å². The van der Waals surface area contributed by atoms with Crippen molar-refractivity contribution in [2.75, 3.05) is 7.05 Å². The van der Waals surface area contributed by atoms with Crippen LogP contribution in [0.25, 0.3) is 0 Å². The fourth-order valence-electron chi connectivity index (χ4n) is 1.99. The zero-order chi connectivity index (χ0) is 12.1. The van der Waals surface area contributed by atoms with E-state index < -0.39 is 0 Å². The summed E-state index contributed by atoms with van der Waals surface area (Å²) in [6.45, 7) is 9.01. The molecule has 1 N–H and O–H groups in total. The molecule has 1 heteroatoms. The third kappa shape index (κ3) is 3.64. The van der Waals surface area contributed by atoms with Gasteiger partial charge in [-0.2, -0.15) is 0 Å². The summed E-state index contributed by atoms with van der Waals surface area (Å²) in [6, 6.07) is 9.67. The minimum absolute atomic E-state index is 0.583. The van der Waals surface area contributed by atoms with Crippen LogP contribution in [-0.2, 0) is 0 Å².